The Hall–Kier alpha value is -3.96. The minimum absolute atomic E-state index is 0.0798. The Balaban J connectivity index is 1.55. The van der Waals surface area contributed by atoms with E-state index in [-0.39, 0.29) is 36.5 Å². The Morgan fingerprint density at radius 3 is 2.79 bits per heavy atom. The van der Waals surface area contributed by atoms with Crippen LogP contribution in [0.3, 0.4) is 0 Å². The molecule has 0 saturated carbocycles. The van der Waals surface area contributed by atoms with E-state index < -0.39 is 6.09 Å². The first-order chi connectivity index (χ1) is 18.6. The second-order valence-electron chi connectivity index (χ2n) is 9.98. The van der Waals surface area contributed by atoms with E-state index in [4.69, 9.17) is 16.3 Å². The number of aromatic nitrogens is 5. The predicted molar refractivity (Wildman–Crippen MR) is 146 cm³/mol. The normalized spacial score (nSPS) is 15.8. The van der Waals surface area contributed by atoms with Crippen molar-refractivity contribution in [2.45, 2.75) is 45.9 Å². The van der Waals surface area contributed by atoms with Crippen molar-refractivity contribution in [3.63, 3.8) is 0 Å². The molecule has 4 aromatic rings. The fourth-order valence-corrected chi connectivity index (χ4v) is 5.30. The number of benzene rings is 1. The highest BCUT2D eigenvalue weighted by atomic mass is 35.5. The maximum absolute atomic E-state index is 12.9. The van der Waals surface area contributed by atoms with Gasteiger partial charge in [-0.05, 0) is 55.7 Å². The van der Waals surface area contributed by atoms with Gasteiger partial charge in [0.15, 0.2) is 0 Å². The van der Waals surface area contributed by atoms with Crippen molar-refractivity contribution in [1.82, 2.24) is 28.6 Å². The first-order valence-electron chi connectivity index (χ1n) is 12.7. The number of hydrogen-bond donors (Lipinski definition) is 1. The van der Waals surface area contributed by atoms with Crippen molar-refractivity contribution in [1.29, 1.82) is 0 Å². The molecule has 0 spiro atoms. The van der Waals surface area contributed by atoms with Gasteiger partial charge in [-0.15, -0.1) is 0 Å². The molecule has 0 aliphatic carbocycles. The lowest BCUT2D eigenvalue weighted by atomic mass is 9.93. The van der Waals surface area contributed by atoms with E-state index in [1.165, 1.54) is 32.6 Å². The van der Waals surface area contributed by atoms with Gasteiger partial charge in [0.25, 0.3) is 5.56 Å². The summed E-state index contributed by atoms with van der Waals surface area (Å²) in [6.07, 6.45) is 3.91. The highest BCUT2D eigenvalue weighted by molar-refractivity contribution is 6.31. The number of amides is 1. The summed E-state index contributed by atoms with van der Waals surface area (Å²) in [4.78, 5) is 42.9. The van der Waals surface area contributed by atoms with Gasteiger partial charge in [-0.2, -0.15) is 5.10 Å². The molecule has 5 rings (SSSR count). The van der Waals surface area contributed by atoms with Gasteiger partial charge < -0.3 is 14.7 Å². The quantitative estimate of drug-likeness (QED) is 0.389. The van der Waals surface area contributed by atoms with E-state index in [1.54, 1.807) is 10.7 Å². The van der Waals surface area contributed by atoms with Crippen molar-refractivity contribution in [2.75, 3.05) is 19.7 Å². The Labute approximate surface area is 228 Å². The Bertz CT molecular complexity index is 1670. The summed E-state index contributed by atoms with van der Waals surface area (Å²) >= 11 is 6.48. The molecule has 4 heterocycles. The van der Waals surface area contributed by atoms with Gasteiger partial charge in [0.05, 0.1) is 37.0 Å². The molecule has 12 heteroatoms. The lowest BCUT2D eigenvalue weighted by molar-refractivity contribution is -0.0210. The average Bonchev–Trinajstić information content (AvgIpc) is 3.31. The zero-order chi connectivity index (χ0) is 27.8. The summed E-state index contributed by atoms with van der Waals surface area (Å²) in [6, 6.07) is 6.86. The van der Waals surface area contributed by atoms with Gasteiger partial charge in [0.1, 0.15) is 6.33 Å². The molecule has 204 valence electrons. The summed E-state index contributed by atoms with van der Waals surface area (Å²) in [5, 5.41) is 14.3. The molecular formula is C27H29ClN6O5. The molecule has 1 atom stereocenters. The summed E-state index contributed by atoms with van der Waals surface area (Å²) in [5.74, 6) is 0. The number of halogens is 1. The molecule has 0 bridgehead atoms. The third kappa shape index (κ3) is 5.32. The van der Waals surface area contributed by atoms with Crippen LogP contribution in [-0.2, 0) is 17.7 Å². The zero-order valence-corrected chi connectivity index (χ0v) is 22.6. The van der Waals surface area contributed by atoms with Gasteiger partial charge in [-0.3, -0.25) is 13.9 Å². The Kier molecular flexibility index (Phi) is 7.28. The van der Waals surface area contributed by atoms with Gasteiger partial charge in [0, 0.05) is 48.1 Å². The van der Waals surface area contributed by atoms with Crippen LogP contribution in [0.4, 0.5) is 4.79 Å². The van der Waals surface area contributed by atoms with Crippen LogP contribution < -0.4 is 11.2 Å². The molecule has 0 radical (unpaired) electrons. The standard InChI is InChI=1S/C27H29ClN6O5/c1-16(2)32-5-4-24(35)33(26(32)36)12-18-9-23-25(29-15-30-34(23)13-18)22-10-19(28)8-17(3)21(22)11-20-14-31(27(37)38)6-7-39-20/h4-5,8-10,13,15-16,20H,6-7,11-12,14H2,1-3H3,(H,37,38). The molecule has 1 amide bonds. The number of fused-ring (bicyclic) bond motifs is 1. The number of morpholine rings is 1. The molecule has 1 aromatic carbocycles. The molecule has 39 heavy (non-hydrogen) atoms. The minimum Gasteiger partial charge on any atom is -0.465 e. The fourth-order valence-electron chi connectivity index (χ4n) is 5.03. The van der Waals surface area contributed by atoms with Gasteiger partial charge in [-0.25, -0.2) is 19.1 Å². The summed E-state index contributed by atoms with van der Waals surface area (Å²) in [7, 11) is 0. The van der Waals surface area contributed by atoms with Crippen LogP contribution in [-0.4, -0.2) is 65.6 Å². The Morgan fingerprint density at radius 2 is 2.05 bits per heavy atom. The molecule has 11 nitrogen and oxygen atoms in total. The maximum Gasteiger partial charge on any atom is 0.407 e. The SMILES string of the molecule is Cc1cc(Cl)cc(-c2ncnn3cc(Cn4c(=O)ccn(C(C)C)c4=O)cc23)c1CC1CN(C(=O)O)CCO1. The number of carboxylic acid groups (broad SMARTS) is 1. The lowest BCUT2D eigenvalue weighted by Crippen LogP contribution is -2.45. The number of ether oxygens (including phenoxy) is 1. The van der Waals surface area contributed by atoms with E-state index in [9.17, 15) is 19.5 Å². The van der Waals surface area contributed by atoms with E-state index in [0.717, 1.165) is 16.7 Å². The Morgan fingerprint density at radius 1 is 1.26 bits per heavy atom. The summed E-state index contributed by atoms with van der Waals surface area (Å²) in [5.41, 5.74) is 3.92. The van der Waals surface area contributed by atoms with Crippen LogP contribution in [0.25, 0.3) is 16.8 Å². The van der Waals surface area contributed by atoms with Crippen LogP contribution in [0.2, 0.25) is 5.02 Å². The fraction of sp³-hybridized carbons (Fsp3) is 0.370. The third-order valence-corrected chi connectivity index (χ3v) is 7.21. The molecular weight excluding hydrogens is 524 g/mol. The summed E-state index contributed by atoms with van der Waals surface area (Å²) < 4.78 is 10.3. The van der Waals surface area contributed by atoms with Crippen molar-refractivity contribution < 1.29 is 14.6 Å². The van der Waals surface area contributed by atoms with E-state index in [1.807, 2.05) is 39.0 Å². The number of carbonyl (C=O) groups is 1. The zero-order valence-electron chi connectivity index (χ0n) is 21.9. The third-order valence-electron chi connectivity index (χ3n) is 6.99. The lowest BCUT2D eigenvalue weighted by Gasteiger charge is -2.31. The second-order valence-corrected chi connectivity index (χ2v) is 10.4. The van der Waals surface area contributed by atoms with Gasteiger partial charge in [0.2, 0.25) is 0 Å². The highest BCUT2D eigenvalue weighted by Gasteiger charge is 2.26. The van der Waals surface area contributed by atoms with E-state index in [2.05, 4.69) is 10.1 Å². The monoisotopic (exact) mass is 552 g/mol. The molecule has 1 fully saturated rings. The van der Waals surface area contributed by atoms with Gasteiger partial charge in [-0.1, -0.05) is 11.6 Å². The molecule has 1 unspecified atom stereocenters. The van der Waals surface area contributed by atoms with E-state index in [0.29, 0.717) is 41.4 Å². The van der Waals surface area contributed by atoms with Crippen molar-refractivity contribution >= 4 is 23.2 Å². The van der Waals surface area contributed by atoms with Crippen molar-refractivity contribution in [3.05, 3.63) is 85.5 Å². The largest absolute Gasteiger partial charge is 0.465 e. The topological polar surface area (TPSA) is 124 Å². The average molecular weight is 553 g/mol. The molecule has 1 aliphatic heterocycles. The first-order valence-corrected chi connectivity index (χ1v) is 13.0. The smallest absolute Gasteiger partial charge is 0.407 e. The van der Waals surface area contributed by atoms with Crippen LogP contribution >= 0.6 is 11.6 Å². The van der Waals surface area contributed by atoms with Crippen LogP contribution in [0, 0.1) is 6.92 Å². The minimum atomic E-state index is -0.966. The maximum atomic E-state index is 12.9. The van der Waals surface area contributed by atoms with Crippen LogP contribution in [0.15, 0.2) is 52.6 Å². The predicted octanol–water partition coefficient (Wildman–Crippen LogP) is 3.23. The first kappa shape index (κ1) is 26.6. The molecule has 1 aliphatic rings. The molecule has 3 aromatic heterocycles. The number of nitrogens with zero attached hydrogens (tertiary/aromatic N) is 6. The number of rotatable bonds is 6. The number of hydrogen-bond acceptors (Lipinski definition) is 6. The van der Waals surface area contributed by atoms with Gasteiger partial charge >= 0.3 is 11.8 Å². The van der Waals surface area contributed by atoms with Crippen molar-refractivity contribution in [2.24, 2.45) is 0 Å². The van der Waals surface area contributed by atoms with Crippen molar-refractivity contribution in [3.8, 4) is 11.3 Å². The van der Waals surface area contributed by atoms with Crippen LogP contribution in [0.5, 0.6) is 0 Å². The molecule has 1 saturated heterocycles. The van der Waals surface area contributed by atoms with E-state index >= 15 is 0 Å². The highest BCUT2D eigenvalue weighted by Crippen LogP contribution is 2.33. The summed E-state index contributed by atoms with van der Waals surface area (Å²) in [6.45, 7) is 6.73. The number of aryl methyl sites for hydroxylation is 1. The molecule has 1 N–H and O–H groups in total. The van der Waals surface area contributed by atoms with Crippen LogP contribution in [0.1, 0.15) is 36.6 Å². The second kappa shape index (κ2) is 10.7.